The molecule has 9 rings (SSSR count). The fraction of sp³-hybridized carbons (Fsp3) is 0.0750. The third-order valence-electron chi connectivity index (χ3n) is 8.78. The van der Waals surface area contributed by atoms with Gasteiger partial charge in [0.2, 0.25) is 0 Å². The van der Waals surface area contributed by atoms with Crippen LogP contribution < -0.4 is 0 Å². The Labute approximate surface area is 263 Å². The lowest BCUT2D eigenvalue weighted by molar-refractivity contribution is 0.673. The maximum atomic E-state index is 6.73. The highest BCUT2D eigenvalue weighted by molar-refractivity contribution is 7.26. The number of rotatable bonds is 4. The largest absolute Gasteiger partial charge is 0.455 e. The number of hydrogen-bond acceptors (Lipinski definition) is 5. The zero-order valence-electron chi connectivity index (χ0n) is 24.7. The zero-order chi connectivity index (χ0) is 30.1. The number of thiophene rings is 1. The van der Waals surface area contributed by atoms with Gasteiger partial charge in [-0.2, -0.15) is 0 Å². The van der Waals surface area contributed by atoms with Gasteiger partial charge in [-0.1, -0.05) is 97.6 Å². The summed E-state index contributed by atoms with van der Waals surface area (Å²) in [5, 5.41) is 7.51. The molecule has 4 aromatic carbocycles. The molecule has 0 saturated heterocycles. The highest BCUT2D eigenvalue weighted by Crippen LogP contribution is 2.46. The normalized spacial score (nSPS) is 13.8. The summed E-state index contributed by atoms with van der Waals surface area (Å²) in [7, 11) is 0. The molecule has 4 heterocycles. The van der Waals surface area contributed by atoms with Gasteiger partial charge < -0.3 is 4.42 Å². The monoisotopic (exact) mass is 597 g/mol. The minimum Gasteiger partial charge on any atom is -0.455 e. The Morgan fingerprint density at radius 1 is 0.778 bits per heavy atom. The molecule has 1 aliphatic carbocycles. The number of nitrogens with zero attached hydrogens (tertiary/aromatic N) is 3. The summed E-state index contributed by atoms with van der Waals surface area (Å²) in [6.07, 6.45) is 14.7. The second-order valence-corrected chi connectivity index (χ2v) is 12.4. The van der Waals surface area contributed by atoms with Gasteiger partial charge in [-0.25, -0.2) is 15.0 Å². The van der Waals surface area contributed by atoms with Crippen molar-refractivity contribution in [2.24, 2.45) is 0 Å². The van der Waals surface area contributed by atoms with Crippen molar-refractivity contribution < 1.29 is 4.42 Å². The number of pyridine rings is 1. The molecule has 4 nitrogen and oxygen atoms in total. The van der Waals surface area contributed by atoms with Crippen LogP contribution in [0.3, 0.4) is 0 Å². The van der Waals surface area contributed by atoms with E-state index in [2.05, 4.69) is 91.5 Å². The van der Waals surface area contributed by atoms with Gasteiger partial charge in [-0.05, 0) is 54.3 Å². The smallest absolute Gasteiger partial charge is 0.180 e. The molecule has 0 radical (unpaired) electrons. The first-order valence-electron chi connectivity index (χ1n) is 15.3. The highest BCUT2D eigenvalue weighted by Gasteiger charge is 2.25. The third kappa shape index (κ3) is 3.81. The Hall–Kier alpha value is -5.39. The standard InChI is InChI=1S/C40H27N3OS/c1-3-14-26-29(4-2)41-37(33-25-18-9-8-17-24(25)32-27-19-10-12-21-30(27)44-38(32)34(26)33)40-42-35(23-15-6-5-7-16-23)39-36(43-40)28-20-11-13-22-31(28)45-39/h3-4,6,8-22H,2,5,7H2,1H3/b14-3-. The van der Waals surface area contributed by atoms with Gasteiger partial charge >= 0.3 is 0 Å². The number of allylic oxidation sites excluding steroid dienone is 5. The molecule has 0 saturated carbocycles. The van der Waals surface area contributed by atoms with E-state index in [0.29, 0.717) is 5.82 Å². The van der Waals surface area contributed by atoms with Gasteiger partial charge in [0.25, 0.3) is 0 Å². The molecule has 45 heavy (non-hydrogen) atoms. The molecule has 4 aromatic heterocycles. The van der Waals surface area contributed by atoms with Gasteiger partial charge in [0.15, 0.2) is 5.82 Å². The highest BCUT2D eigenvalue weighted by atomic mass is 32.1. The average molecular weight is 598 g/mol. The molecule has 0 spiro atoms. The molecule has 214 valence electrons. The Balaban J connectivity index is 1.52. The lowest BCUT2D eigenvalue weighted by atomic mass is 9.92. The van der Waals surface area contributed by atoms with E-state index in [9.17, 15) is 0 Å². The maximum absolute atomic E-state index is 6.73. The Kier molecular flexibility index (Phi) is 5.83. The van der Waals surface area contributed by atoms with Crippen LogP contribution in [0.4, 0.5) is 0 Å². The van der Waals surface area contributed by atoms with E-state index < -0.39 is 0 Å². The minimum absolute atomic E-state index is 0.599. The molecule has 0 bridgehead atoms. The van der Waals surface area contributed by atoms with Crippen molar-refractivity contribution in [3.63, 3.8) is 0 Å². The van der Waals surface area contributed by atoms with Crippen molar-refractivity contribution in [2.45, 2.75) is 19.8 Å². The summed E-state index contributed by atoms with van der Waals surface area (Å²) in [6, 6.07) is 25.3. The van der Waals surface area contributed by atoms with E-state index in [1.54, 1.807) is 11.3 Å². The lowest BCUT2D eigenvalue weighted by Gasteiger charge is -2.16. The molecule has 8 aromatic rings. The SMILES string of the molecule is C=Cc1nc(-c2nc(C3=CCCC=C3)c3sc4ccccc4c3n2)c2c3ccccc3c3c4ccccc4oc3c2c1/C=C\C. The van der Waals surface area contributed by atoms with Crippen LogP contribution in [-0.2, 0) is 0 Å². The summed E-state index contributed by atoms with van der Waals surface area (Å²) in [6.45, 7) is 6.22. The Morgan fingerprint density at radius 2 is 1.53 bits per heavy atom. The summed E-state index contributed by atoms with van der Waals surface area (Å²) < 4.78 is 9.03. The van der Waals surface area contributed by atoms with Gasteiger partial charge in [0.1, 0.15) is 16.9 Å². The van der Waals surface area contributed by atoms with Crippen LogP contribution in [0.25, 0.3) is 93.0 Å². The zero-order valence-corrected chi connectivity index (χ0v) is 25.5. The van der Waals surface area contributed by atoms with Crippen LogP contribution in [-0.4, -0.2) is 15.0 Å². The third-order valence-corrected chi connectivity index (χ3v) is 9.95. The van der Waals surface area contributed by atoms with Crippen molar-refractivity contribution in [3.8, 4) is 11.5 Å². The molecule has 0 amide bonds. The van der Waals surface area contributed by atoms with Gasteiger partial charge in [0, 0.05) is 37.2 Å². The van der Waals surface area contributed by atoms with Crippen LogP contribution >= 0.6 is 11.3 Å². The van der Waals surface area contributed by atoms with Crippen LogP contribution in [0.1, 0.15) is 36.7 Å². The molecule has 0 N–H and O–H groups in total. The molecule has 0 atom stereocenters. The number of fused-ring (bicyclic) bond motifs is 11. The second-order valence-electron chi connectivity index (χ2n) is 11.4. The lowest BCUT2D eigenvalue weighted by Crippen LogP contribution is -2.02. The number of furan rings is 1. The van der Waals surface area contributed by atoms with Gasteiger partial charge in [0.05, 0.1) is 21.6 Å². The number of hydrogen-bond donors (Lipinski definition) is 0. The number of para-hydroxylation sites is 1. The van der Waals surface area contributed by atoms with Crippen molar-refractivity contribution in [2.75, 3.05) is 0 Å². The maximum Gasteiger partial charge on any atom is 0.180 e. The van der Waals surface area contributed by atoms with E-state index in [4.69, 9.17) is 19.4 Å². The fourth-order valence-corrected chi connectivity index (χ4v) is 8.01. The molecule has 1 aliphatic rings. The van der Waals surface area contributed by atoms with E-state index in [1.165, 1.54) is 4.70 Å². The van der Waals surface area contributed by atoms with Crippen LogP contribution in [0, 0.1) is 0 Å². The Bertz CT molecular complexity index is 2630. The first-order chi connectivity index (χ1) is 22.2. The summed E-state index contributed by atoms with van der Waals surface area (Å²) in [5.74, 6) is 0.599. The number of aromatic nitrogens is 3. The van der Waals surface area contributed by atoms with E-state index in [1.807, 2.05) is 31.2 Å². The van der Waals surface area contributed by atoms with Gasteiger partial charge in [-0.3, -0.25) is 0 Å². The molecule has 0 aliphatic heterocycles. The first kappa shape index (κ1) is 26.1. The molecule has 0 fully saturated rings. The second kappa shape index (κ2) is 10.1. The van der Waals surface area contributed by atoms with Crippen LogP contribution in [0.15, 0.2) is 108 Å². The average Bonchev–Trinajstić information content (AvgIpc) is 3.67. The van der Waals surface area contributed by atoms with Crippen molar-refractivity contribution in [1.29, 1.82) is 0 Å². The minimum atomic E-state index is 0.599. The van der Waals surface area contributed by atoms with Crippen molar-refractivity contribution >= 4 is 92.8 Å². The van der Waals surface area contributed by atoms with Crippen LogP contribution in [0.5, 0.6) is 0 Å². The molecule has 5 heteroatoms. The van der Waals surface area contributed by atoms with Gasteiger partial charge in [-0.15, -0.1) is 11.3 Å². The quantitative estimate of drug-likeness (QED) is 0.189. The number of benzene rings is 4. The predicted molar refractivity (Wildman–Crippen MR) is 192 cm³/mol. The van der Waals surface area contributed by atoms with E-state index in [-0.39, 0.29) is 0 Å². The van der Waals surface area contributed by atoms with Crippen molar-refractivity contribution in [1.82, 2.24) is 15.0 Å². The molecular weight excluding hydrogens is 571 g/mol. The summed E-state index contributed by atoms with van der Waals surface area (Å²) in [4.78, 5) is 16.0. The van der Waals surface area contributed by atoms with E-state index >= 15 is 0 Å². The predicted octanol–water partition coefficient (Wildman–Crippen LogP) is 11.5. The fourth-order valence-electron chi connectivity index (χ4n) is 6.86. The van der Waals surface area contributed by atoms with Crippen molar-refractivity contribution in [3.05, 3.63) is 121 Å². The van der Waals surface area contributed by atoms with Crippen LogP contribution in [0.2, 0.25) is 0 Å². The molecule has 0 unspecified atom stereocenters. The summed E-state index contributed by atoms with van der Waals surface area (Å²) >= 11 is 1.75. The van der Waals surface area contributed by atoms with E-state index in [0.717, 1.165) is 100 Å². The topological polar surface area (TPSA) is 51.8 Å². The summed E-state index contributed by atoms with van der Waals surface area (Å²) in [5.41, 5.74) is 7.20. The Morgan fingerprint density at radius 3 is 2.31 bits per heavy atom. The molecular formula is C40H27N3OS. The first-order valence-corrected chi connectivity index (χ1v) is 16.1.